The van der Waals surface area contributed by atoms with Crippen molar-refractivity contribution in [3.05, 3.63) is 82.0 Å². The molecule has 0 spiro atoms. The van der Waals surface area contributed by atoms with Gasteiger partial charge in [-0.1, -0.05) is 24.3 Å². The maximum absolute atomic E-state index is 13.3. The molecule has 5 rings (SSSR count). The quantitative estimate of drug-likeness (QED) is 0.406. The van der Waals surface area contributed by atoms with Crippen LogP contribution in [-0.4, -0.2) is 33.5 Å². The molecular formula is C25H22FN3O3S. The monoisotopic (exact) mass is 463 g/mol. The van der Waals surface area contributed by atoms with Crippen molar-refractivity contribution in [2.24, 2.45) is 0 Å². The van der Waals surface area contributed by atoms with Crippen LogP contribution in [0.2, 0.25) is 0 Å². The average molecular weight is 464 g/mol. The summed E-state index contributed by atoms with van der Waals surface area (Å²) in [5.74, 6) is 0.313. The van der Waals surface area contributed by atoms with E-state index in [1.54, 1.807) is 19.2 Å². The molecule has 0 aliphatic heterocycles. The number of amides is 1. The number of halogens is 1. The van der Waals surface area contributed by atoms with Crippen LogP contribution in [0.1, 0.15) is 18.4 Å². The van der Waals surface area contributed by atoms with E-state index in [0.717, 1.165) is 29.7 Å². The van der Waals surface area contributed by atoms with Crippen LogP contribution in [0, 0.1) is 5.82 Å². The number of hydrogen-bond acceptors (Lipinski definition) is 5. The number of fused-ring (bicyclic) bond motifs is 1. The van der Waals surface area contributed by atoms with Crippen molar-refractivity contribution in [1.82, 2.24) is 14.5 Å². The van der Waals surface area contributed by atoms with Crippen molar-refractivity contribution in [2.75, 3.05) is 7.11 Å². The van der Waals surface area contributed by atoms with Crippen molar-refractivity contribution < 1.29 is 13.9 Å². The van der Waals surface area contributed by atoms with Gasteiger partial charge >= 0.3 is 0 Å². The number of nitrogens with zero attached hydrogens (tertiary/aromatic N) is 3. The summed E-state index contributed by atoms with van der Waals surface area (Å²) in [7, 11) is 1.62. The molecule has 1 aliphatic carbocycles. The zero-order chi connectivity index (χ0) is 22.9. The minimum Gasteiger partial charge on any atom is -0.497 e. The van der Waals surface area contributed by atoms with E-state index in [9.17, 15) is 14.0 Å². The minimum atomic E-state index is -0.337. The van der Waals surface area contributed by atoms with Crippen molar-refractivity contribution in [3.63, 3.8) is 0 Å². The van der Waals surface area contributed by atoms with E-state index in [1.807, 2.05) is 34.5 Å². The predicted octanol–water partition coefficient (Wildman–Crippen LogP) is 4.46. The van der Waals surface area contributed by atoms with Gasteiger partial charge in [0.2, 0.25) is 5.91 Å². The zero-order valence-corrected chi connectivity index (χ0v) is 18.8. The second-order valence-electron chi connectivity index (χ2n) is 8.11. The molecule has 0 bridgehead atoms. The Hall–Kier alpha value is -3.52. The van der Waals surface area contributed by atoms with Gasteiger partial charge in [-0.15, -0.1) is 11.3 Å². The van der Waals surface area contributed by atoms with E-state index in [2.05, 4.69) is 4.98 Å². The summed E-state index contributed by atoms with van der Waals surface area (Å²) in [4.78, 5) is 33.4. The van der Waals surface area contributed by atoms with Crippen molar-refractivity contribution in [1.29, 1.82) is 0 Å². The Morgan fingerprint density at radius 2 is 1.91 bits per heavy atom. The molecule has 6 nitrogen and oxygen atoms in total. The van der Waals surface area contributed by atoms with E-state index in [1.165, 1.54) is 34.4 Å². The molecule has 1 amide bonds. The summed E-state index contributed by atoms with van der Waals surface area (Å²) in [6.07, 6.45) is 3.37. The van der Waals surface area contributed by atoms with E-state index in [-0.39, 0.29) is 29.9 Å². The van der Waals surface area contributed by atoms with Crippen LogP contribution in [0.5, 0.6) is 5.75 Å². The van der Waals surface area contributed by atoms with Gasteiger partial charge in [0.1, 0.15) is 22.9 Å². The molecule has 1 fully saturated rings. The smallest absolute Gasteiger partial charge is 0.263 e. The number of carbonyl (C=O) groups excluding carboxylic acids is 1. The van der Waals surface area contributed by atoms with E-state index in [0.29, 0.717) is 22.3 Å². The van der Waals surface area contributed by atoms with E-state index >= 15 is 0 Å². The van der Waals surface area contributed by atoms with Gasteiger partial charge in [-0.3, -0.25) is 14.2 Å². The Morgan fingerprint density at radius 3 is 2.58 bits per heavy atom. The molecule has 4 aromatic rings. The maximum atomic E-state index is 13.3. The Morgan fingerprint density at radius 1 is 1.18 bits per heavy atom. The molecule has 0 atom stereocenters. The largest absolute Gasteiger partial charge is 0.497 e. The molecule has 8 heteroatoms. The first-order chi connectivity index (χ1) is 16.0. The number of ether oxygens (including phenoxy) is 1. The molecule has 2 aromatic heterocycles. The number of methoxy groups -OCH3 is 1. The summed E-state index contributed by atoms with van der Waals surface area (Å²) in [6.45, 7) is 0.407. The van der Waals surface area contributed by atoms with E-state index < -0.39 is 0 Å². The van der Waals surface area contributed by atoms with Gasteiger partial charge < -0.3 is 9.64 Å². The van der Waals surface area contributed by atoms with Crippen molar-refractivity contribution >= 4 is 27.5 Å². The van der Waals surface area contributed by atoms with Crippen molar-refractivity contribution in [3.8, 4) is 16.9 Å². The number of aromatic nitrogens is 2. The number of thiophene rings is 1. The van der Waals surface area contributed by atoms with Gasteiger partial charge in [-0.25, -0.2) is 9.37 Å². The summed E-state index contributed by atoms with van der Waals surface area (Å²) >= 11 is 1.36. The highest BCUT2D eigenvalue weighted by molar-refractivity contribution is 7.17. The fraction of sp³-hybridized carbons (Fsp3) is 0.240. The maximum Gasteiger partial charge on any atom is 0.263 e. The van der Waals surface area contributed by atoms with Gasteiger partial charge in [-0.05, 0) is 48.2 Å². The van der Waals surface area contributed by atoms with Crippen LogP contribution in [0.4, 0.5) is 4.39 Å². The minimum absolute atomic E-state index is 0.0763. The first kappa shape index (κ1) is 21.3. The van der Waals surface area contributed by atoms with E-state index in [4.69, 9.17) is 4.74 Å². The second-order valence-corrected chi connectivity index (χ2v) is 8.97. The lowest BCUT2D eigenvalue weighted by Crippen LogP contribution is -2.37. The molecule has 1 saturated carbocycles. The number of rotatable bonds is 7. The third kappa shape index (κ3) is 4.39. The number of carbonyl (C=O) groups is 1. The lowest BCUT2D eigenvalue weighted by Gasteiger charge is -2.23. The van der Waals surface area contributed by atoms with Crippen LogP contribution >= 0.6 is 11.3 Å². The first-order valence-electron chi connectivity index (χ1n) is 10.7. The van der Waals surface area contributed by atoms with Crippen LogP contribution in [0.25, 0.3) is 21.3 Å². The van der Waals surface area contributed by atoms with Crippen LogP contribution in [0.3, 0.4) is 0 Å². The Labute approximate surface area is 193 Å². The molecule has 0 unspecified atom stereocenters. The highest BCUT2D eigenvalue weighted by atomic mass is 32.1. The van der Waals surface area contributed by atoms with Gasteiger partial charge in [0.05, 0.1) is 18.8 Å². The third-order valence-corrected chi connectivity index (χ3v) is 6.73. The van der Waals surface area contributed by atoms with Gasteiger partial charge in [-0.2, -0.15) is 0 Å². The lowest BCUT2D eigenvalue weighted by molar-refractivity contribution is -0.133. The SMILES string of the molecule is COc1ccc(CN(C(=O)Cn2cnc3scc(-c4ccc(F)cc4)c3c2=O)C2CC2)cc1. The molecule has 168 valence electrons. The Kier molecular flexibility index (Phi) is 5.68. The topological polar surface area (TPSA) is 64.4 Å². The molecule has 0 radical (unpaired) electrons. The summed E-state index contributed by atoms with van der Waals surface area (Å²) < 4.78 is 19.9. The summed E-state index contributed by atoms with van der Waals surface area (Å²) in [6, 6.07) is 13.9. The van der Waals surface area contributed by atoms with Gasteiger partial charge in [0.25, 0.3) is 5.56 Å². The molecule has 0 saturated heterocycles. The molecule has 33 heavy (non-hydrogen) atoms. The summed E-state index contributed by atoms with van der Waals surface area (Å²) in [5, 5.41) is 2.30. The van der Waals surface area contributed by atoms with Gasteiger partial charge in [0, 0.05) is 23.5 Å². The fourth-order valence-electron chi connectivity index (χ4n) is 3.89. The fourth-order valence-corrected chi connectivity index (χ4v) is 4.80. The zero-order valence-electron chi connectivity index (χ0n) is 18.0. The highest BCUT2D eigenvalue weighted by Gasteiger charge is 2.32. The third-order valence-electron chi connectivity index (χ3n) is 5.84. The molecule has 1 aliphatic rings. The molecule has 0 N–H and O–H groups in total. The van der Waals surface area contributed by atoms with Crippen LogP contribution in [-0.2, 0) is 17.9 Å². The normalized spacial score (nSPS) is 13.3. The molecule has 2 heterocycles. The van der Waals surface area contributed by atoms with Crippen molar-refractivity contribution in [2.45, 2.75) is 32.0 Å². The number of hydrogen-bond donors (Lipinski definition) is 0. The predicted molar refractivity (Wildman–Crippen MR) is 126 cm³/mol. The molecular weight excluding hydrogens is 441 g/mol. The molecule has 2 aromatic carbocycles. The average Bonchev–Trinajstić information content (AvgIpc) is 3.58. The first-order valence-corrected chi connectivity index (χ1v) is 11.6. The Balaban J connectivity index is 1.42. The summed E-state index contributed by atoms with van der Waals surface area (Å²) in [5.41, 5.74) is 2.18. The second kappa shape index (κ2) is 8.78. The lowest BCUT2D eigenvalue weighted by atomic mass is 10.1. The Bertz CT molecular complexity index is 1360. The van der Waals surface area contributed by atoms with Crippen LogP contribution in [0.15, 0.2) is 65.0 Å². The van der Waals surface area contributed by atoms with Crippen LogP contribution < -0.4 is 10.3 Å². The standard InChI is InChI=1S/C25H22FN3O3S/c1-32-20-10-2-16(3-11-20)12-29(19-8-9-19)22(30)13-28-15-27-24-23(25(28)31)21(14-33-24)17-4-6-18(26)7-5-17/h2-7,10-11,14-15,19H,8-9,12-13H2,1H3. The van der Waals surface area contributed by atoms with Gasteiger partial charge in [0.15, 0.2) is 0 Å². The number of benzene rings is 2. The highest BCUT2D eigenvalue weighted by Crippen LogP contribution is 2.31.